The first kappa shape index (κ1) is 21.7. The molecule has 1 aromatic carbocycles. The number of carbonyl (C=O) groups is 3. The Hall–Kier alpha value is -2.64. The Bertz CT molecular complexity index is 737. The quantitative estimate of drug-likeness (QED) is 0.815. The molecule has 1 aliphatic heterocycles. The average Bonchev–Trinajstić information content (AvgIpc) is 2.56. The summed E-state index contributed by atoms with van der Waals surface area (Å²) in [6.07, 6.45) is 1.26. The van der Waals surface area contributed by atoms with Gasteiger partial charge in [0.05, 0.1) is 5.69 Å². The summed E-state index contributed by atoms with van der Waals surface area (Å²) >= 11 is 0. The van der Waals surface area contributed by atoms with Crippen LogP contribution in [-0.4, -0.2) is 41.5 Å². The molecule has 0 unspecified atom stereocenters. The number of halogens is 1. The van der Waals surface area contributed by atoms with Gasteiger partial charge in [0.1, 0.15) is 11.4 Å². The van der Waals surface area contributed by atoms with Crippen molar-refractivity contribution in [2.75, 3.05) is 23.7 Å². The highest BCUT2D eigenvalue weighted by atomic mass is 19.1. The summed E-state index contributed by atoms with van der Waals surface area (Å²) in [6, 6.07) is 4.01. The second-order valence-electron chi connectivity index (χ2n) is 8.04. The van der Waals surface area contributed by atoms with Gasteiger partial charge in [-0.15, -0.1) is 0 Å². The summed E-state index contributed by atoms with van der Waals surface area (Å²) in [7, 11) is 0. The van der Waals surface area contributed by atoms with Crippen LogP contribution in [0.15, 0.2) is 18.2 Å². The number of rotatable bonds is 4. The van der Waals surface area contributed by atoms with Gasteiger partial charge in [-0.05, 0) is 57.7 Å². The van der Waals surface area contributed by atoms with E-state index in [4.69, 9.17) is 4.74 Å². The Balaban J connectivity index is 1.85. The number of likely N-dealkylation sites (tertiary alicyclic amines) is 1. The van der Waals surface area contributed by atoms with E-state index in [2.05, 4.69) is 10.6 Å². The largest absolute Gasteiger partial charge is 0.444 e. The van der Waals surface area contributed by atoms with Gasteiger partial charge < -0.3 is 20.3 Å². The van der Waals surface area contributed by atoms with Crippen molar-refractivity contribution in [2.45, 2.75) is 52.6 Å². The number of carbonyl (C=O) groups excluding carboxylic acids is 3. The maximum absolute atomic E-state index is 13.9. The van der Waals surface area contributed by atoms with Crippen LogP contribution in [0.5, 0.6) is 0 Å². The minimum atomic E-state index is -0.567. The number of nitrogens with one attached hydrogen (secondary N) is 2. The van der Waals surface area contributed by atoms with Gasteiger partial charge in [0, 0.05) is 32.1 Å². The van der Waals surface area contributed by atoms with E-state index in [0.29, 0.717) is 31.6 Å². The van der Waals surface area contributed by atoms with Gasteiger partial charge in [-0.1, -0.05) is 0 Å². The van der Waals surface area contributed by atoms with Crippen molar-refractivity contribution < 1.29 is 23.5 Å². The average molecular weight is 393 g/mol. The smallest absolute Gasteiger partial charge is 0.410 e. The van der Waals surface area contributed by atoms with Crippen LogP contribution in [0.4, 0.5) is 20.6 Å². The molecule has 2 rings (SSSR count). The van der Waals surface area contributed by atoms with E-state index in [9.17, 15) is 18.8 Å². The van der Waals surface area contributed by atoms with E-state index in [1.807, 2.05) is 20.8 Å². The molecule has 0 saturated carbocycles. The zero-order chi connectivity index (χ0) is 20.9. The minimum Gasteiger partial charge on any atom is -0.444 e. The molecule has 2 N–H and O–H groups in total. The molecule has 1 aliphatic rings. The maximum atomic E-state index is 13.9. The molecule has 28 heavy (non-hydrogen) atoms. The standard InChI is InChI=1S/C20H28FN3O4/c1-13(25)22-15-5-6-16(21)17(12-15)23-18(26)11-14-7-9-24(10-8-14)19(27)28-20(2,3)4/h5-6,12,14H,7-11H2,1-4H3,(H,22,25)(H,23,26). The number of hydrogen-bond acceptors (Lipinski definition) is 4. The Morgan fingerprint density at radius 2 is 1.82 bits per heavy atom. The highest BCUT2D eigenvalue weighted by Crippen LogP contribution is 2.24. The first-order valence-corrected chi connectivity index (χ1v) is 9.38. The third-order valence-corrected chi connectivity index (χ3v) is 4.30. The Kier molecular flexibility index (Phi) is 6.99. The fourth-order valence-electron chi connectivity index (χ4n) is 3.01. The van der Waals surface area contributed by atoms with Crippen LogP contribution in [0, 0.1) is 11.7 Å². The summed E-state index contributed by atoms with van der Waals surface area (Å²) < 4.78 is 19.3. The van der Waals surface area contributed by atoms with Crippen LogP contribution in [-0.2, 0) is 14.3 Å². The molecule has 1 aromatic rings. The van der Waals surface area contributed by atoms with Gasteiger partial charge in [-0.3, -0.25) is 9.59 Å². The second-order valence-corrected chi connectivity index (χ2v) is 8.04. The molecule has 8 heteroatoms. The van der Waals surface area contributed by atoms with E-state index in [0.717, 1.165) is 0 Å². The molecule has 0 aliphatic carbocycles. The van der Waals surface area contributed by atoms with Crippen molar-refractivity contribution >= 4 is 29.3 Å². The number of anilines is 2. The molecule has 7 nitrogen and oxygen atoms in total. The van der Waals surface area contributed by atoms with Crippen LogP contribution >= 0.6 is 0 Å². The summed E-state index contributed by atoms with van der Waals surface area (Å²) in [5.41, 5.74) is -0.0961. The van der Waals surface area contributed by atoms with Crippen LogP contribution < -0.4 is 10.6 Å². The zero-order valence-electron chi connectivity index (χ0n) is 16.8. The van der Waals surface area contributed by atoms with E-state index < -0.39 is 11.4 Å². The van der Waals surface area contributed by atoms with Crippen LogP contribution in [0.1, 0.15) is 47.0 Å². The summed E-state index contributed by atoms with van der Waals surface area (Å²) in [5, 5.41) is 5.12. The molecule has 0 aromatic heterocycles. The maximum Gasteiger partial charge on any atom is 0.410 e. The van der Waals surface area contributed by atoms with Gasteiger partial charge >= 0.3 is 6.09 Å². The first-order valence-electron chi connectivity index (χ1n) is 9.38. The Morgan fingerprint density at radius 1 is 1.18 bits per heavy atom. The second kappa shape index (κ2) is 9.03. The van der Waals surface area contributed by atoms with Gasteiger partial charge in [0.15, 0.2) is 0 Å². The molecular formula is C20H28FN3O4. The molecule has 154 valence electrons. The lowest BCUT2D eigenvalue weighted by atomic mass is 9.93. The van der Waals surface area contributed by atoms with Crippen LogP contribution in [0.2, 0.25) is 0 Å². The van der Waals surface area contributed by atoms with Gasteiger partial charge in [0.2, 0.25) is 11.8 Å². The van der Waals surface area contributed by atoms with Gasteiger partial charge in [-0.25, -0.2) is 9.18 Å². The Labute approximate surface area is 164 Å². The predicted octanol–water partition coefficient (Wildman–Crippen LogP) is 3.76. The molecule has 1 saturated heterocycles. The summed E-state index contributed by atoms with van der Waals surface area (Å²) in [5.74, 6) is -1.03. The van der Waals surface area contributed by atoms with Crippen molar-refractivity contribution in [1.82, 2.24) is 4.90 Å². The molecular weight excluding hydrogens is 365 g/mol. The van der Waals surface area contributed by atoms with Crippen molar-refractivity contribution in [3.05, 3.63) is 24.0 Å². The minimum absolute atomic E-state index is 0.0300. The van der Waals surface area contributed by atoms with Crippen molar-refractivity contribution in [3.63, 3.8) is 0 Å². The summed E-state index contributed by atoms with van der Waals surface area (Å²) in [6.45, 7) is 7.87. The molecule has 0 atom stereocenters. The number of benzene rings is 1. The van der Waals surface area contributed by atoms with Gasteiger partial charge in [0.25, 0.3) is 0 Å². The summed E-state index contributed by atoms with van der Waals surface area (Å²) in [4.78, 5) is 37.1. The number of nitrogens with zero attached hydrogens (tertiary/aromatic N) is 1. The van der Waals surface area contributed by atoms with Gasteiger partial charge in [-0.2, -0.15) is 0 Å². The third kappa shape index (κ3) is 6.83. The lowest BCUT2D eigenvalue weighted by Crippen LogP contribution is -2.42. The lowest BCUT2D eigenvalue weighted by Gasteiger charge is -2.33. The molecule has 1 heterocycles. The molecule has 0 radical (unpaired) electrons. The highest BCUT2D eigenvalue weighted by Gasteiger charge is 2.27. The number of piperidine rings is 1. The van der Waals surface area contributed by atoms with E-state index in [-0.39, 0.29) is 35.9 Å². The molecule has 0 bridgehead atoms. The zero-order valence-corrected chi connectivity index (χ0v) is 16.8. The molecule has 0 spiro atoms. The van der Waals surface area contributed by atoms with E-state index >= 15 is 0 Å². The topological polar surface area (TPSA) is 87.7 Å². The van der Waals surface area contributed by atoms with Crippen LogP contribution in [0.25, 0.3) is 0 Å². The van der Waals surface area contributed by atoms with E-state index in [1.54, 1.807) is 4.90 Å². The normalized spacial score (nSPS) is 15.1. The Morgan fingerprint density at radius 3 is 2.39 bits per heavy atom. The van der Waals surface area contributed by atoms with Crippen molar-refractivity contribution in [1.29, 1.82) is 0 Å². The lowest BCUT2D eigenvalue weighted by molar-refractivity contribution is -0.117. The van der Waals surface area contributed by atoms with Crippen molar-refractivity contribution in [3.8, 4) is 0 Å². The number of hydrogen-bond donors (Lipinski definition) is 2. The monoisotopic (exact) mass is 393 g/mol. The van der Waals surface area contributed by atoms with Crippen molar-refractivity contribution in [2.24, 2.45) is 5.92 Å². The highest BCUT2D eigenvalue weighted by molar-refractivity contribution is 5.93. The molecule has 3 amide bonds. The third-order valence-electron chi connectivity index (χ3n) is 4.30. The number of amides is 3. The van der Waals surface area contributed by atoms with E-state index in [1.165, 1.54) is 25.1 Å². The fraction of sp³-hybridized carbons (Fsp3) is 0.550. The SMILES string of the molecule is CC(=O)Nc1ccc(F)c(NC(=O)CC2CCN(C(=O)OC(C)(C)C)CC2)c1. The fourth-order valence-corrected chi connectivity index (χ4v) is 3.01. The predicted molar refractivity (Wildman–Crippen MR) is 104 cm³/mol. The molecule has 1 fully saturated rings. The van der Waals surface area contributed by atoms with Crippen LogP contribution in [0.3, 0.4) is 0 Å². The first-order chi connectivity index (χ1) is 13.0. The number of ether oxygens (including phenoxy) is 1.